The van der Waals surface area contributed by atoms with Gasteiger partial charge in [0.1, 0.15) is 30.5 Å². The van der Waals surface area contributed by atoms with E-state index in [-0.39, 0.29) is 6.42 Å². The predicted octanol–water partition coefficient (Wildman–Crippen LogP) is 7.94. The standard InChI is InChI=1S/C34H28Cl2O7/c35-29-19-25(20-33(37)38)9-15-31(29)41-17-1-3-23-5-10-26(11-6-23)27-12-7-24(8-13-27)4-2-18-42-32-16-14-28(21-30(32)36)43-22-34(39)40/h1-16,19,21H,17-18,20,22H2,(H,37,38)(H,39,40). The van der Waals surface area contributed by atoms with Gasteiger partial charge in [-0.3, -0.25) is 4.79 Å². The van der Waals surface area contributed by atoms with E-state index in [4.69, 9.17) is 47.6 Å². The van der Waals surface area contributed by atoms with Crippen LogP contribution in [0.1, 0.15) is 16.7 Å². The highest BCUT2D eigenvalue weighted by Crippen LogP contribution is 2.29. The SMILES string of the molecule is O=C(O)COc1ccc(OCC=Cc2ccc(-c3ccc(C=CCOc4ccc(CC(=O)O)cc4Cl)cc3)cc2)c(Cl)c1. The molecular formula is C34H28Cl2O7. The minimum Gasteiger partial charge on any atom is -0.488 e. The van der Waals surface area contributed by atoms with Crippen LogP contribution < -0.4 is 14.2 Å². The summed E-state index contributed by atoms with van der Waals surface area (Å²) in [6.45, 7) is 0.191. The Bertz CT molecular complexity index is 1610. The van der Waals surface area contributed by atoms with Gasteiger partial charge in [0, 0.05) is 6.07 Å². The van der Waals surface area contributed by atoms with Crippen molar-refractivity contribution in [3.63, 3.8) is 0 Å². The molecule has 0 bridgehead atoms. The van der Waals surface area contributed by atoms with E-state index in [2.05, 4.69) is 24.3 Å². The van der Waals surface area contributed by atoms with Crippen LogP contribution in [-0.4, -0.2) is 42.0 Å². The lowest BCUT2D eigenvalue weighted by Gasteiger charge is -2.08. The first kappa shape index (κ1) is 31.2. The summed E-state index contributed by atoms with van der Waals surface area (Å²) >= 11 is 12.4. The molecule has 0 aromatic heterocycles. The molecule has 43 heavy (non-hydrogen) atoms. The Morgan fingerprint density at radius 2 is 1.14 bits per heavy atom. The summed E-state index contributed by atoms with van der Waals surface area (Å²) in [5, 5.41) is 18.3. The number of aliphatic carboxylic acids is 2. The van der Waals surface area contributed by atoms with Gasteiger partial charge in [0.15, 0.2) is 6.61 Å². The van der Waals surface area contributed by atoms with E-state index >= 15 is 0 Å². The van der Waals surface area contributed by atoms with Crippen LogP contribution in [0.25, 0.3) is 23.3 Å². The Balaban J connectivity index is 1.23. The summed E-state index contributed by atoms with van der Waals surface area (Å²) in [6, 6.07) is 26.1. The number of carboxylic acids is 2. The van der Waals surface area contributed by atoms with Crippen LogP contribution in [0.5, 0.6) is 17.2 Å². The van der Waals surface area contributed by atoms with E-state index in [1.165, 1.54) is 6.07 Å². The molecule has 0 fully saturated rings. The second-order valence-corrected chi connectivity index (χ2v) is 10.1. The fourth-order valence-electron chi connectivity index (χ4n) is 4.00. The fourth-order valence-corrected chi connectivity index (χ4v) is 4.48. The predicted molar refractivity (Wildman–Crippen MR) is 168 cm³/mol. The summed E-state index contributed by atoms with van der Waals surface area (Å²) in [5.41, 5.74) is 4.84. The molecule has 0 saturated heterocycles. The molecule has 9 heteroatoms. The van der Waals surface area contributed by atoms with E-state index in [1.54, 1.807) is 30.3 Å². The first-order chi connectivity index (χ1) is 20.8. The zero-order valence-corrected chi connectivity index (χ0v) is 24.4. The number of ether oxygens (including phenoxy) is 3. The Hall–Kier alpha value is -4.72. The Kier molecular flexibility index (Phi) is 11.2. The quantitative estimate of drug-likeness (QED) is 0.148. The van der Waals surface area contributed by atoms with Gasteiger partial charge in [0.2, 0.25) is 0 Å². The maximum atomic E-state index is 10.8. The van der Waals surface area contributed by atoms with Crippen LogP contribution in [0.3, 0.4) is 0 Å². The monoisotopic (exact) mass is 618 g/mol. The van der Waals surface area contributed by atoms with Crippen molar-refractivity contribution >= 4 is 47.3 Å². The summed E-state index contributed by atoms with van der Waals surface area (Å²) in [6.07, 6.45) is 7.60. The molecular weight excluding hydrogens is 591 g/mol. The second kappa shape index (κ2) is 15.5. The van der Waals surface area contributed by atoms with Crippen molar-refractivity contribution in [1.82, 2.24) is 0 Å². The third-order valence-electron chi connectivity index (χ3n) is 6.06. The first-order valence-corrected chi connectivity index (χ1v) is 14.0. The highest BCUT2D eigenvalue weighted by Gasteiger charge is 2.07. The zero-order chi connectivity index (χ0) is 30.6. The lowest BCUT2D eigenvalue weighted by Crippen LogP contribution is -2.09. The number of hydrogen-bond donors (Lipinski definition) is 2. The minimum absolute atomic E-state index is 0.0862. The van der Waals surface area contributed by atoms with E-state index in [0.29, 0.717) is 46.1 Å². The molecule has 0 heterocycles. The Labute approximate surface area is 259 Å². The lowest BCUT2D eigenvalue weighted by atomic mass is 10.0. The molecule has 0 amide bonds. The Morgan fingerprint density at radius 1 is 0.628 bits per heavy atom. The molecule has 220 valence electrons. The van der Waals surface area contributed by atoms with Crippen LogP contribution >= 0.6 is 23.2 Å². The summed E-state index contributed by atoms with van der Waals surface area (Å²) in [4.78, 5) is 21.5. The van der Waals surface area contributed by atoms with Crippen molar-refractivity contribution < 1.29 is 34.0 Å². The number of benzene rings is 4. The van der Waals surface area contributed by atoms with Crippen LogP contribution in [0.2, 0.25) is 10.0 Å². The van der Waals surface area contributed by atoms with Gasteiger partial charge in [0.05, 0.1) is 16.5 Å². The largest absolute Gasteiger partial charge is 0.488 e. The number of rotatable bonds is 14. The van der Waals surface area contributed by atoms with Crippen molar-refractivity contribution in [2.45, 2.75) is 6.42 Å². The smallest absolute Gasteiger partial charge is 0.341 e. The van der Waals surface area contributed by atoms with E-state index in [0.717, 1.165) is 22.3 Å². The van der Waals surface area contributed by atoms with Gasteiger partial charge in [-0.15, -0.1) is 0 Å². The van der Waals surface area contributed by atoms with Gasteiger partial charge in [-0.1, -0.05) is 90.0 Å². The Morgan fingerprint density at radius 3 is 1.60 bits per heavy atom. The molecule has 0 aliphatic rings. The summed E-state index contributed by atoms with van der Waals surface area (Å²) in [5.74, 6) is -0.637. The molecule has 0 aliphatic carbocycles. The molecule has 7 nitrogen and oxygen atoms in total. The number of hydrogen-bond acceptors (Lipinski definition) is 5. The topological polar surface area (TPSA) is 102 Å². The molecule has 0 unspecified atom stereocenters. The molecule has 0 spiro atoms. The first-order valence-electron chi connectivity index (χ1n) is 13.2. The lowest BCUT2D eigenvalue weighted by molar-refractivity contribution is -0.139. The van der Waals surface area contributed by atoms with Crippen molar-refractivity contribution in [1.29, 1.82) is 0 Å². The second-order valence-electron chi connectivity index (χ2n) is 9.28. The normalized spacial score (nSPS) is 11.1. The van der Waals surface area contributed by atoms with Crippen LogP contribution in [0.15, 0.2) is 97.1 Å². The highest BCUT2D eigenvalue weighted by atomic mass is 35.5. The van der Waals surface area contributed by atoms with Gasteiger partial charge in [-0.05, 0) is 64.2 Å². The zero-order valence-electron chi connectivity index (χ0n) is 22.9. The highest BCUT2D eigenvalue weighted by molar-refractivity contribution is 6.32. The molecule has 0 atom stereocenters. The van der Waals surface area contributed by atoms with E-state index < -0.39 is 18.5 Å². The molecule has 4 aromatic rings. The number of carboxylic acid groups (broad SMARTS) is 2. The molecule has 0 aliphatic heterocycles. The minimum atomic E-state index is -1.06. The maximum Gasteiger partial charge on any atom is 0.341 e. The van der Waals surface area contributed by atoms with Crippen molar-refractivity contribution in [3.05, 3.63) is 124 Å². The summed E-state index contributed by atoms with van der Waals surface area (Å²) in [7, 11) is 0. The average Bonchev–Trinajstić information content (AvgIpc) is 2.98. The van der Waals surface area contributed by atoms with Crippen LogP contribution in [-0.2, 0) is 16.0 Å². The molecule has 0 radical (unpaired) electrons. The summed E-state index contributed by atoms with van der Waals surface area (Å²) < 4.78 is 16.5. The average molecular weight is 619 g/mol. The fraction of sp³-hybridized carbons (Fsp3) is 0.118. The van der Waals surface area contributed by atoms with Gasteiger partial charge in [-0.25, -0.2) is 4.79 Å². The van der Waals surface area contributed by atoms with Crippen molar-refractivity contribution in [3.8, 4) is 28.4 Å². The number of carbonyl (C=O) groups is 2. The molecule has 2 N–H and O–H groups in total. The third kappa shape index (κ3) is 9.95. The molecule has 4 aromatic carbocycles. The van der Waals surface area contributed by atoms with Gasteiger partial charge in [0.25, 0.3) is 0 Å². The third-order valence-corrected chi connectivity index (χ3v) is 6.65. The van der Waals surface area contributed by atoms with Gasteiger partial charge < -0.3 is 24.4 Å². The molecule has 4 rings (SSSR count). The van der Waals surface area contributed by atoms with Gasteiger partial charge >= 0.3 is 11.9 Å². The van der Waals surface area contributed by atoms with Gasteiger partial charge in [-0.2, -0.15) is 0 Å². The van der Waals surface area contributed by atoms with Crippen molar-refractivity contribution in [2.75, 3.05) is 19.8 Å². The number of halogens is 2. The van der Waals surface area contributed by atoms with Crippen molar-refractivity contribution in [2.24, 2.45) is 0 Å². The van der Waals surface area contributed by atoms with E-state index in [9.17, 15) is 9.59 Å². The molecule has 0 saturated carbocycles. The van der Waals surface area contributed by atoms with Crippen LogP contribution in [0.4, 0.5) is 0 Å². The van der Waals surface area contributed by atoms with Crippen LogP contribution in [0, 0.1) is 0 Å². The van der Waals surface area contributed by atoms with E-state index in [1.807, 2.05) is 48.6 Å². The maximum absolute atomic E-state index is 10.8.